The summed E-state index contributed by atoms with van der Waals surface area (Å²) in [4.78, 5) is 19.4. The average Bonchev–Trinajstić information content (AvgIpc) is 3.69. The number of aromatic nitrogens is 4. The molecule has 2 aromatic heterocycles. The number of rotatable bonds is 6. The predicted octanol–water partition coefficient (Wildman–Crippen LogP) is 5.45. The SMILES string of the molecule is O=C(c1csc(CSc2nnc(-c3ccccc3Cl)n2-c2ccccc2F)n1)N1CCC2(CC1)OCCO2. The second-order valence-corrected chi connectivity index (χ2v) is 11.2. The first-order valence-corrected chi connectivity index (χ1v) is 14.4. The Morgan fingerprint density at radius 2 is 1.82 bits per heavy atom. The molecule has 0 radical (unpaired) electrons. The van der Waals surface area contributed by atoms with E-state index in [9.17, 15) is 9.18 Å². The summed E-state index contributed by atoms with van der Waals surface area (Å²) in [6.45, 7) is 2.34. The van der Waals surface area contributed by atoms with Crippen LogP contribution in [0.25, 0.3) is 17.1 Å². The number of nitrogens with zero attached hydrogens (tertiary/aromatic N) is 5. The number of para-hydroxylation sites is 1. The van der Waals surface area contributed by atoms with Crippen LogP contribution in [-0.2, 0) is 15.2 Å². The van der Waals surface area contributed by atoms with Gasteiger partial charge in [-0.25, -0.2) is 9.37 Å². The number of hydrogen-bond donors (Lipinski definition) is 0. The van der Waals surface area contributed by atoms with Crippen LogP contribution in [0, 0.1) is 5.82 Å². The largest absolute Gasteiger partial charge is 0.347 e. The first kappa shape index (κ1) is 25.4. The average molecular weight is 572 g/mol. The molecule has 4 aromatic rings. The van der Waals surface area contributed by atoms with E-state index in [1.807, 2.05) is 18.2 Å². The molecule has 0 N–H and O–H groups in total. The van der Waals surface area contributed by atoms with Crippen LogP contribution in [0.4, 0.5) is 4.39 Å². The second kappa shape index (κ2) is 10.7. The number of thioether (sulfide) groups is 1. The van der Waals surface area contributed by atoms with Crippen LogP contribution >= 0.6 is 34.7 Å². The number of likely N-dealkylation sites (tertiary alicyclic amines) is 1. The van der Waals surface area contributed by atoms with Crippen LogP contribution in [0.15, 0.2) is 59.1 Å². The Kier molecular flexibility index (Phi) is 7.19. The molecule has 6 rings (SSSR count). The summed E-state index contributed by atoms with van der Waals surface area (Å²) in [5, 5.41) is 12.2. The quantitative estimate of drug-likeness (QED) is 0.284. The van der Waals surface area contributed by atoms with Gasteiger partial charge in [-0.3, -0.25) is 9.36 Å². The zero-order valence-corrected chi connectivity index (χ0v) is 22.6. The Morgan fingerprint density at radius 1 is 1.08 bits per heavy atom. The number of carbonyl (C=O) groups is 1. The van der Waals surface area contributed by atoms with Gasteiger partial charge in [0.2, 0.25) is 0 Å². The standard InChI is InChI=1S/C26H23ClFN5O3S2/c27-18-6-2-1-5-17(18)23-30-31-25(33(23)21-8-4-3-7-19(21)28)38-16-22-29-20(15-37-22)24(34)32-11-9-26(10-12-32)35-13-14-36-26/h1-8,15H,9-14,16H2. The lowest BCUT2D eigenvalue weighted by atomic mass is 10.0. The second-order valence-electron chi connectivity index (χ2n) is 8.89. The summed E-state index contributed by atoms with van der Waals surface area (Å²) in [6.07, 6.45) is 1.32. The van der Waals surface area contributed by atoms with Crippen LogP contribution in [-0.4, -0.2) is 62.6 Å². The lowest BCUT2D eigenvalue weighted by Gasteiger charge is -2.37. The molecule has 8 nitrogen and oxygen atoms in total. The molecule has 2 fully saturated rings. The number of thiazole rings is 1. The normalized spacial score (nSPS) is 16.8. The molecule has 196 valence electrons. The molecule has 4 heterocycles. The first-order chi connectivity index (χ1) is 18.5. The Hall–Kier alpha value is -2.83. The van der Waals surface area contributed by atoms with E-state index in [-0.39, 0.29) is 5.91 Å². The van der Waals surface area contributed by atoms with Gasteiger partial charge < -0.3 is 14.4 Å². The number of ether oxygens (including phenoxy) is 2. The van der Waals surface area contributed by atoms with Gasteiger partial charge in [-0.2, -0.15) is 0 Å². The molecule has 0 unspecified atom stereocenters. The highest BCUT2D eigenvalue weighted by atomic mass is 35.5. The van der Waals surface area contributed by atoms with Crippen LogP contribution in [0.1, 0.15) is 28.3 Å². The lowest BCUT2D eigenvalue weighted by molar-refractivity contribution is -0.181. The molecule has 0 saturated carbocycles. The molecule has 0 atom stereocenters. The van der Waals surface area contributed by atoms with Crippen molar-refractivity contribution in [2.24, 2.45) is 0 Å². The van der Waals surface area contributed by atoms with Gasteiger partial charge in [0.25, 0.3) is 5.91 Å². The van der Waals surface area contributed by atoms with Crippen LogP contribution in [0.2, 0.25) is 5.02 Å². The number of halogens is 2. The van der Waals surface area contributed by atoms with Gasteiger partial charge in [-0.15, -0.1) is 21.5 Å². The summed E-state index contributed by atoms with van der Waals surface area (Å²) < 4.78 is 28.1. The highest BCUT2D eigenvalue weighted by Crippen LogP contribution is 2.35. The lowest BCUT2D eigenvalue weighted by Crippen LogP contribution is -2.47. The molecule has 1 spiro atoms. The molecule has 2 aromatic carbocycles. The maximum atomic E-state index is 14.9. The number of piperidine rings is 1. The zero-order chi connectivity index (χ0) is 26.1. The van der Waals surface area contributed by atoms with E-state index >= 15 is 0 Å². The van der Waals surface area contributed by atoms with Gasteiger partial charge in [-0.05, 0) is 24.3 Å². The van der Waals surface area contributed by atoms with Crippen molar-refractivity contribution in [2.75, 3.05) is 26.3 Å². The van der Waals surface area contributed by atoms with Crippen molar-refractivity contribution >= 4 is 40.6 Å². The fraction of sp³-hybridized carbons (Fsp3) is 0.308. The van der Waals surface area contributed by atoms with Crippen molar-refractivity contribution in [2.45, 2.75) is 29.5 Å². The van der Waals surface area contributed by atoms with Gasteiger partial charge in [0, 0.05) is 36.9 Å². The number of benzene rings is 2. The van der Waals surface area contributed by atoms with E-state index in [1.165, 1.54) is 29.2 Å². The molecule has 12 heteroatoms. The number of amides is 1. The molecule has 2 aliphatic rings. The van der Waals surface area contributed by atoms with Crippen molar-refractivity contribution in [1.82, 2.24) is 24.6 Å². The Labute approximate surface area is 231 Å². The third-order valence-electron chi connectivity index (χ3n) is 6.56. The minimum Gasteiger partial charge on any atom is -0.347 e. The van der Waals surface area contributed by atoms with Gasteiger partial charge in [0.15, 0.2) is 16.8 Å². The molecule has 38 heavy (non-hydrogen) atoms. The summed E-state index contributed by atoms with van der Waals surface area (Å²) in [6, 6.07) is 13.7. The number of carbonyl (C=O) groups excluding carboxylic acids is 1. The van der Waals surface area contributed by atoms with Gasteiger partial charge in [0.1, 0.15) is 16.5 Å². The zero-order valence-electron chi connectivity index (χ0n) is 20.2. The van der Waals surface area contributed by atoms with Crippen LogP contribution in [0.5, 0.6) is 0 Å². The predicted molar refractivity (Wildman–Crippen MR) is 143 cm³/mol. The summed E-state index contributed by atoms with van der Waals surface area (Å²) in [7, 11) is 0. The molecular weight excluding hydrogens is 549 g/mol. The summed E-state index contributed by atoms with van der Waals surface area (Å²) in [5.74, 6) is -0.145. The van der Waals surface area contributed by atoms with E-state index in [2.05, 4.69) is 15.2 Å². The Balaban J connectivity index is 1.20. The summed E-state index contributed by atoms with van der Waals surface area (Å²) in [5.41, 5.74) is 1.39. The molecular formula is C26H23ClFN5O3S2. The fourth-order valence-corrected chi connectivity index (χ4v) is 6.58. The molecule has 2 saturated heterocycles. The Bertz CT molecular complexity index is 1460. The van der Waals surface area contributed by atoms with Gasteiger partial charge in [0.05, 0.1) is 29.7 Å². The monoisotopic (exact) mass is 571 g/mol. The molecule has 2 aliphatic heterocycles. The highest BCUT2D eigenvalue weighted by molar-refractivity contribution is 7.98. The maximum absolute atomic E-state index is 14.9. The van der Waals surface area contributed by atoms with Crippen molar-refractivity contribution in [3.8, 4) is 17.1 Å². The highest BCUT2D eigenvalue weighted by Gasteiger charge is 2.41. The van der Waals surface area contributed by atoms with Crippen molar-refractivity contribution in [3.05, 3.63) is 75.5 Å². The molecule has 0 aliphatic carbocycles. The van der Waals surface area contributed by atoms with Crippen LogP contribution in [0.3, 0.4) is 0 Å². The third kappa shape index (κ3) is 4.96. The topological polar surface area (TPSA) is 82.4 Å². The maximum Gasteiger partial charge on any atom is 0.273 e. The minimum atomic E-state index is -0.530. The Morgan fingerprint density at radius 3 is 2.58 bits per heavy atom. The van der Waals surface area contributed by atoms with E-state index < -0.39 is 11.6 Å². The van der Waals surface area contributed by atoms with Crippen molar-refractivity contribution in [3.63, 3.8) is 0 Å². The van der Waals surface area contributed by atoms with Gasteiger partial charge >= 0.3 is 0 Å². The fourth-order valence-electron chi connectivity index (χ4n) is 4.63. The molecule has 0 bridgehead atoms. The van der Waals surface area contributed by atoms with E-state index in [4.69, 9.17) is 21.1 Å². The third-order valence-corrected chi connectivity index (χ3v) is 8.86. The number of hydrogen-bond acceptors (Lipinski definition) is 8. The van der Waals surface area contributed by atoms with Crippen molar-refractivity contribution < 1.29 is 18.7 Å². The summed E-state index contributed by atoms with van der Waals surface area (Å²) >= 11 is 9.21. The van der Waals surface area contributed by atoms with Crippen molar-refractivity contribution in [1.29, 1.82) is 0 Å². The van der Waals surface area contributed by atoms with E-state index in [0.717, 1.165) is 5.01 Å². The van der Waals surface area contributed by atoms with E-state index in [0.29, 0.717) is 77.8 Å². The van der Waals surface area contributed by atoms with Gasteiger partial charge in [-0.1, -0.05) is 47.6 Å². The molecule has 1 amide bonds. The smallest absolute Gasteiger partial charge is 0.273 e. The van der Waals surface area contributed by atoms with E-state index in [1.54, 1.807) is 39.1 Å². The minimum absolute atomic E-state index is 0.0964. The first-order valence-electron chi connectivity index (χ1n) is 12.1. The van der Waals surface area contributed by atoms with Crippen LogP contribution < -0.4 is 0 Å².